The number of rotatable bonds is 0. The minimum Gasteiger partial charge on any atom is -0.386 e. The normalized spacial score (nSPS) is 14.3. The van der Waals surface area contributed by atoms with Crippen molar-refractivity contribution in [2.75, 3.05) is 0 Å². The lowest BCUT2D eigenvalue weighted by Gasteiger charge is -2.16. The van der Waals surface area contributed by atoms with Crippen LogP contribution < -0.4 is 0 Å². The maximum atomic E-state index is 12.2. The highest BCUT2D eigenvalue weighted by Crippen LogP contribution is 2.40. The number of hydrogen-bond acceptors (Lipinski definition) is 7. The van der Waals surface area contributed by atoms with Crippen LogP contribution >= 0.6 is 22.7 Å². The molecule has 7 heteroatoms. The number of thiazole rings is 2. The van der Waals surface area contributed by atoms with Crippen LogP contribution in [0, 0.1) is 0 Å². The van der Waals surface area contributed by atoms with Crippen molar-refractivity contribution < 1.29 is 14.3 Å². The van der Waals surface area contributed by atoms with Crippen molar-refractivity contribution in [2.24, 2.45) is 0 Å². The lowest BCUT2D eigenvalue weighted by molar-refractivity contribution is 0.0394. The van der Waals surface area contributed by atoms with Gasteiger partial charge in [-0.1, -0.05) is 0 Å². The second-order valence-corrected chi connectivity index (χ2v) is 6.39. The minimum absolute atomic E-state index is 0.440. The zero-order chi connectivity index (χ0) is 14.1. The molecule has 0 N–H and O–H groups in total. The number of benzene rings is 2. The Bertz CT molecular complexity index is 1030. The van der Waals surface area contributed by atoms with Gasteiger partial charge in [-0.3, -0.25) is 0 Å². The number of cyclic esters (lactones) is 2. The minimum atomic E-state index is -0.601. The van der Waals surface area contributed by atoms with Gasteiger partial charge in [0.15, 0.2) is 0 Å². The molecule has 100 valence electrons. The number of nitrogens with zero attached hydrogens (tertiary/aromatic N) is 2. The molecule has 0 atom stereocenters. The Hall–Kier alpha value is -2.38. The number of esters is 2. The fraction of sp³-hybridized carbons (Fsp3) is 0. The molecule has 21 heavy (non-hydrogen) atoms. The summed E-state index contributed by atoms with van der Waals surface area (Å²) in [5.41, 5.74) is 5.71. The maximum Gasteiger partial charge on any atom is 0.348 e. The fourth-order valence-electron chi connectivity index (χ4n) is 2.79. The second kappa shape index (κ2) is 3.63. The molecule has 0 fully saturated rings. The van der Waals surface area contributed by atoms with Crippen molar-refractivity contribution in [1.82, 2.24) is 9.97 Å². The van der Waals surface area contributed by atoms with Crippen LogP contribution in [0.25, 0.3) is 31.2 Å². The van der Waals surface area contributed by atoms with Gasteiger partial charge in [0.05, 0.1) is 42.6 Å². The van der Waals surface area contributed by atoms with Crippen LogP contribution in [0.15, 0.2) is 23.2 Å². The van der Waals surface area contributed by atoms with E-state index in [2.05, 4.69) is 9.97 Å². The molecule has 3 heterocycles. The molecule has 2 aromatic carbocycles. The Morgan fingerprint density at radius 2 is 1.38 bits per heavy atom. The third kappa shape index (κ3) is 1.29. The van der Waals surface area contributed by atoms with E-state index >= 15 is 0 Å². The SMILES string of the molecule is O=C1OC(=O)c2c3scnc3cc3cc4ncsc4c1c23. The van der Waals surface area contributed by atoms with E-state index in [1.807, 2.05) is 12.1 Å². The zero-order valence-electron chi connectivity index (χ0n) is 10.2. The molecular weight excluding hydrogens is 308 g/mol. The molecule has 5 rings (SSSR count). The van der Waals surface area contributed by atoms with E-state index < -0.39 is 11.9 Å². The molecule has 0 bridgehead atoms. The molecule has 2 aromatic heterocycles. The standard InChI is InChI=1S/C14H4N2O3S2/c17-13-9-8-5(1-6-11(9)20-3-15-6)2-7-12(21-4-16-7)10(8)14(18)19-13/h1-4H. The average molecular weight is 312 g/mol. The third-order valence-electron chi connectivity index (χ3n) is 3.61. The van der Waals surface area contributed by atoms with Crippen LogP contribution in [-0.2, 0) is 4.74 Å². The molecule has 5 nitrogen and oxygen atoms in total. The molecule has 4 aromatic rings. The predicted octanol–water partition coefficient (Wildman–Crippen LogP) is 3.37. The Labute approximate surface area is 124 Å². The van der Waals surface area contributed by atoms with Gasteiger partial charge in [0.1, 0.15) is 0 Å². The predicted molar refractivity (Wildman–Crippen MR) is 80.1 cm³/mol. The van der Waals surface area contributed by atoms with Gasteiger partial charge in [0.2, 0.25) is 0 Å². The van der Waals surface area contributed by atoms with E-state index in [9.17, 15) is 9.59 Å². The first-order valence-corrected chi connectivity index (χ1v) is 7.82. The van der Waals surface area contributed by atoms with Crippen molar-refractivity contribution in [3.63, 3.8) is 0 Å². The summed E-state index contributed by atoms with van der Waals surface area (Å²) in [6, 6.07) is 3.78. The van der Waals surface area contributed by atoms with Crippen LogP contribution in [-0.4, -0.2) is 21.9 Å². The Balaban J connectivity index is 2.19. The monoisotopic (exact) mass is 312 g/mol. The van der Waals surface area contributed by atoms with Crippen molar-refractivity contribution in [2.45, 2.75) is 0 Å². The van der Waals surface area contributed by atoms with Gasteiger partial charge in [-0.05, 0) is 17.5 Å². The number of hydrogen-bond donors (Lipinski definition) is 0. The van der Waals surface area contributed by atoms with Crippen molar-refractivity contribution in [3.05, 3.63) is 34.3 Å². The van der Waals surface area contributed by atoms with Crippen molar-refractivity contribution >= 4 is 65.8 Å². The van der Waals surface area contributed by atoms with E-state index in [0.717, 1.165) is 25.8 Å². The highest BCUT2D eigenvalue weighted by Gasteiger charge is 2.32. The van der Waals surface area contributed by atoms with E-state index in [1.165, 1.54) is 22.7 Å². The summed E-state index contributed by atoms with van der Waals surface area (Å²) in [5, 5.41) is 1.45. The van der Waals surface area contributed by atoms with Crippen LogP contribution in [0.2, 0.25) is 0 Å². The topological polar surface area (TPSA) is 69.2 Å². The number of aromatic nitrogens is 2. The summed E-state index contributed by atoms with van der Waals surface area (Å²) in [4.78, 5) is 32.9. The van der Waals surface area contributed by atoms with E-state index in [0.29, 0.717) is 16.5 Å². The first-order valence-electron chi connectivity index (χ1n) is 6.06. The van der Waals surface area contributed by atoms with Gasteiger partial charge in [-0.25, -0.2) is 19.6 Å². The van der Waals surface area contributed by atoms with Crippen LogP contribution in [0.4, 0.5) is 0 Å². The van der Waals surface area contributed by atoms with Gasteiger partial charge in [0, 0.05) is 5.39 Å². The summed E-state index contributed by atoms with van der Waals surface area (Å²) in [5.74, 6) is -1.20. The highest BCUT2D eigenvalue weighted by molar-refractivity contribution is 7.18. The van der Waals surface area contributed by atoms with Gasteiger partial charge in [-0.15, -0.1) is 22.7 Å². The first kappa shape index (κ1) is 11.3. The van der Waals surface area contributed by atoms with E-state index in [-0.39, 0.29) is 0 Å². The summed E-state index contributed by atoms with van der Waals surface area (Å²) in [6.07, 6.45) is 0. The highest BCUT2D eigenvalue weighted by atomic mass is 32.1. The largest absolute Gasteiger partial charge is 0.386 e. The Kier molecular flexibility index (Phi) is 1.95. The van der Waals surface area contributed by atoms with Gasteiger partial charge in [0.25, 0.3) is 0 Å². The molecule has 0 spiro atoms. The molecule has 1 aliphatic rings. The molecule has 0 saturated carbocycles. The number of carbonyl (C=O) groups excluding carboxylic acids is 2. The van der Waals surface area contributed by atoms with Crippen LogP contribution in [0.3, 0.4) is 0 Å². The van der Waals surface area contributed by atoms with Crippen molar-refractivity contribution in [3.8, 4) is 0 Å². The fourth-order valence-corrected chi connectivity index (χ4v) is 4.40. The van der Waals surface area contributed by atoms with Crippen LogP contribution in [0.1, 0.15) is 20.7 Å². The van der Waals surface area contributed by atoms with E-state index in [4.69, 9.17) is 4.74 Å². The molecule has 1 aliphatic heterocycles. The lowest BCUT2D eigenvalue weighted by Crippen LogP contribution is -2.20. The summed E-state index contributed by atoms with van der Waals surface area (Å²) in [6.45, 7) is 0. The average Bonchev–Trinajstić information content (AvgIpc) is 3.08. The smallest absolute Gasteiger partial charge is 0.348 e. The molecule has 0 aliphatic carbocycles. The first-order chi connectivity index (χ1) is 10.2. The van der Waals surface area contributed by atoms with Gasteiger partial charge < -0.3 is 4.74 Å². The summed E-state index contributed by atoms with van der Waals surface area (Å²) < 4.78 is 6.45. The number of fused-ring (bicyclic) bond motifs is 4. The quantitative estimate of drug-likeness (QED) is 0.368. The summed E-state index contributed by atoms with van der Waals surface area (Å²) >= 11 is 2.75. The molecule has 0 radical (unpaired) electrons. The number of ether oxygens (including phenoxy) is 1. The molecule has 0 saturated heterocycles. The zero-order valence-corrected chi connectivity index (χ0v) is 11.9. The van der Waals surface area contributed by atoms with E-state index in [1.54, 1.807) is 11.0 Å². The molecule has 0 unspecified atom stereocenters. The molecule has 0 amide bonds. The van der Waals surface area contributed by atoms with Gasteiger partial charge >= 0.3 is 11.9 Å². The van der Waals surface area contributed by atoms with Crippen LogP contribution in [0.5, 0.6) is 0 Å². The lowest BCUT2D eigenvalue weighted by atomic mass is 9.96. The Morgan fingerprint density at radius 3 is 1.90 bits per heavy atom. The van der Waals surface area contributed by atoms with Crippen molar-refractivity contribution in [1.29, 1.82) is 0 Å². The summed E-state index contributed by atoms with van der Waals surface area (Å²) in [7, 11) is 0. The second-order valence-electron chi connectivity index (χ2n) is 4.68. The van der Waals surface area contributed by atoms with Gasteiger partial charge in [-0.2, -0.15) is 0 Å². The maximum absolute atomic E-state index is 12.2. The third-order valence-corrected chi connectivity index (χ3v) is 5.33. The Morgan fingerprint density at radius 1 is 0.857 bits per heavy atom. The molecular formula is C14H4N2O3S2. The number of carbonyl (C=O) groups is 2.